The van der Waals surface area contributed by atoms with Crippen molar-refractivity contribution in [1.29, 1.82) is 0 Å². The van der Waals surface area contributed by atoms with Gasteiger partial charge in [-0.3, -0.25) is 0 Å². The van der Waals surface area contributed by atoms with Gasteiger partial charge in [-0.1, -0.05) is 133 Å². The van der Waals surface area contributed by atoms with Gasteiger partial charge in [0.1, 0.15) is 0 Å². The van der Waals surface area contributed by atoms with Crippen molar-refractivity contribution in [3.05, 3.63) is 175 Å². The van der Waals surface area contributed by atoms with Crippen molar-refractivity contribution in [2.24, 2.45) is 0 Å². The van der Waals surface area contributed by atoms with Gasteiger partial charge in [-0.25, -0.2) is 0 Å². The van der Waals surface area contributed by atoms with E-state index in [9.17, 15) is 13.2 Å². The van der Waals surface area contributed by atoms with Gasteiger partial charge in [0, 0.05) is 21.5 Å². The molecule has 0 aliphatic rings. The number of fused-ring (bicyclic) bond motifs is 3. The molecule has 0 unspecified atom stereocenters. The Kier molecular flexibility index (Phi) is 6.40. The van der Waals surface area contributed by atoms with Crippen molar-refractivity contribution in [2.75, 3.05) is 0 Å². The smallest absolute Gasteiger partial charge is 0.309 e. The fraction of sp³-hybridized carbons (Fsp3) is 0.0213. The van der Waals surface area contributed by atoms with Crippen LogP contribution in [0.3, 0.4) is 0 Å². The number of rotatable bonds is 4. The molecule has 0 amide bonds. The molecule has 0 bridgehead atoms. The van der Waals surface area contributed by atoms with Crippen LogP contribution >= 0.6 is 0 Å². The zero-order valence-corrected chi connectivity index (χ0v) is 27.2. The Hall–Kier alpha value is -6.39. The Bertz CT molecular complexity index is 2810. The van der Waals surface area contributed by atoms with Crippen molar-refractivity contribution in [2.45, 2.75) is 6.18 Å². The first-order chi connectivity index (χ1) is 25.0. The fourth-order valence-electron chi connectivity index (χ4n) is 8.13. The van der Waals surface area contributed by atoms with Crippen LogP contribution in [0, 0.1) is 0 Å². The molecule has 0 fully saturated rings. The molecule has 0 saturated heterocycles. The summed E-state index contributed by atoms with van der Waals surface area (Å²) >= 11 is 0. The highest BCUT2D eigenvalue weighted by Crippen LogP contribution is 2.48. The van der Waals surface area contributed by atoms with Crippen LogP contribution < -0.4 is 0 Å². The van der Waals surface area contributed by atoms with E-state index in [1.807, 2.05) is 12.1 Å². The predicted molar refractivity (Wildman–Crippen MR) is 206 cm³/mol. The van der Waals surface area contributed by atoms with Crippen LogP contribution in [-0.4, -0.2) is 4.57 Å². The predicted octanol–water partition coefficient (Wildman–Crippen LogP) is 13.7. The van der Waals surface area contributed by atoms with Gasteiger partial charge in [-0.05, 0) is 91.3 Å². The highest BCUT2D eigenvalue weighted by molar-refractivity contribution is 6.31. The molecule has 0 spiro atoms. The molecule has 0 saturated carbocycles. The lowest BCUT2D eigenvalue weighted by Crippen LogP contribution is -2.04. The van der Waals surface area contributed by atoms with Gasteiger partial charge in [-0.2, -0.15) is 13.2 Å². The Morgan fingerprint density at radius 3 is 1.27 bits per heavy atom. The van der Waals surface area contributed by atoms with Gasteiger partial charge in [-0.15, -0.1) is 0 Å². The summed E-state index contributed by atoms with van der Waals surface area (Å²) < 4.78 is 43.6. The normalized spacial score (nSPS) is 12.2. The molecule has 0 atom stereocenters. The third-order valence-corrected chi connectivity index (χ3v) is 10.4. The largest absolute Gasteiger partial charge is 0.416 e. The highest BCUT2D eigenvalue weighted by Gasteiger charge is 2.30. The van der Waals surface area contributed by atoms with Crippen LogP contribution in [0.1, 0.15) is 5.56 Å². The average Bonchev–Trinajstić information content (AvgIpc) is 3.51. The van der Waals surface area contributed by atoms with Gasteiger partial charge in [0.25, 0.3) is 0 Å². The summed E-state index contributed by atoms with van der Waals surface area (Å²) in [7, 11) is 0. The summed E-state index contributed by atoms with van der Waals surface area (Å²) in [6, 6.07) is 56.7. The Morgan fingerprint density at radius 1 is 0.353 bits per heavy atom. The minimum Gasteiger partial charge on any atom is -0.309 e. The van der Waals surface area contributed by atoms with Gasteiger partial charge in [0.15, 0.2) is 0 Å². The summed E-state index contributed by atoms with van der Waals surface area (Å²) in [5, 5.41) is 8.86. The summed E-state index contributed by atoms with van der Waals surface area (Å²) in [6.07, 6.45) is -4.42. The molecule has 10 rings (SSSR count). The van der Waals surface area contributed by atoms with Crippen molar-refractivity contribution in [3.8, 4) is 39.1 Å². The fourth-order valence-corrected chi connectivity index (χ4v) is 8.13. The van der Waals surface area contributed by atoms with E-state index in [2.05, 4.69) is 138 Å². The van der Waals surface area contributed by atoms with E-state index < -0.39 is 11.7 Å². The van der Waals surface area contributed by atoms with Gasteiger partial charge < -0.3 is 4.57 Å². The molecule has 10 aromatic rings. The van der Waals surface area contributed by atoms with E-state index in [1.54, 1.807) is 12.1 Å². The van der Waals surface area contributed by atoms with E-state index >= 15 is 0 Å². The van der Waals surface area contributed by atoms with Crippen LogP contribution in [0.5, 0.6) is 0 Å². The zero-order valence-electron chi connectivity index (χ0n) is 27.2. The van der Waals surface area contributed by atoms with Crippen molar-refractivity contribution in [3.63, 3.8) is 0 Å². The molecule has 1 nitrogen and oxygen atoms in total. The Balaban J connectivity index is 1.41. The van der Waals surface area contributed by atoms with E-state index in [4.69, 9.17) is 0 Å². The number of benzene rings is 9. The topological polar surface area (TPSA) is 4.93 Å². The third-order valence-electron chi connectivity index (χ3n) is 10.4. The van der Waals surface area contributed by atoms with Crippen molar-refractivity contribution < 1.29 is 13.2 Å². The van der Waals surface area contributed by atoms with Crippen molar-refractivity contribution >= 4 is 54.1 Å². The minimum atomic E-state index is -4.42. The monoisotopic (exact) mass is 663 g/mol. The first kappa shape index (κ1) is 29.5. The minimum absolute atomic E-state index is 0.661. The summed E-state index contributed by atoms with van der Waals surface area (Å²) in [6.45, 7) is 0. The standard InChI is InChI=1S/C47H28F3N/c48-47(49,50)32-21-19-31(20-22-32)41-28-44(51-42-17-9-7-15-33(42)34-16-8-10-18-43(34)51)38-26-25-36-40(30-13-5-2-6-14-30)27-39(29-11-3-1-4-12-29)35-23-24-37(41)46(38)45(35)36/h1-28H. The molecule has 0 aliphatic carbocycles. The Labute approximate surface area is 291 Å². The molecule has 0 radical (unpaired) electrons. The van der Waals surface area contributed by atoms with Gasteiger partial charge in [0.2, 0.25) is 0 Å². The number of nitrogens with zero attached hydrogens (tertiary/aromatic N) is 1. The maximum Gasteiger partial charge on any atom is 0.416 e. The molecule has 51 heavy (non-hydrogen) atoms. The number of hydrogen-bond acceptors (Lipinski definition) is 0. The molecule has 0 N–H and O–H groups in total. The SMILES string of the molecule is FC(F)(F)c1ccc(-c2cc(-n3c4ccccc4c4ccccc43)c3ccc4c(-c5ccccc5)cc(-c5ccccc5)c5ccc2c3c54)cc1. The second-order valence-electron chi connectivity index (χ2n) is 13.2. The van der Waals surface area contributed by atoms with E-state index in [0.29, 0.717) is 0 Å². The van der Waals surface area contributed by atoms with E-state index in [1.165, 1.54) is 12.1 Å². The average molecular weight is 664 g/mol. The van der Waals surface area contributed by atoms with Crippen LogP contribution in [0.2, 0.25) is 0 Å². The van der Waals surface area contributed by atoms with E-state index in [0.717, 1.165) is 93.2 Å². The molecular formula is C47H28F3N. The van der Waals surface area contributed by atoms with Crippen LogP contribution in [0.4, 0.5) is 13.2 Å². The number of para-hydroxylation sites is 2. The molecule has 1 aromatic heterocycles. The third kappa shape index (κ3) is 4.49. The van der Waals surface area contributed by atoms with Crippen LogP contribution in [0.15, 0.2) is 170 Å². The van der Waals surface area contributed by atoms with Crippen LogP contribution in [0.25, 0.3) is 93.2 Å². The summed E-state index contributed by atoms with van der Waals surface area (Å²) in [5.74, 6) is 0. The lowest BCUT2D eigenvalue weighted by molar-refractivity contribution is -0.137. The second kappa shape index (κ2) is 11.1. The maximum absolute atomic E-state index is 13.7. The molecule has 0 aliphatic heterocycles. The molecule has 9 aromatic carbocycles. The quantitative estimate of drug-likeness (QED) is 0.165. The number of halogens is 3. The molecule has 1 heterocycles. The molecule has 242 valence electrons. The molecular weight excluding hydrogens is 636 g/mol. The second-order valence-corrected chi connectivity index (χ2v) is 13.2. The summed E-state index contributed by atoms with van der Waals surface area (Å²) in [4.78, 5) is 0. The Morgan fingerprint density at radius 2 is 0.765 bits per heavy atom. The highest BCUT2D eigenvalue weighted by atomic mass is 19.4. The number of hydrogen-bond donors (Lipinski definition) is 0. The lowest BCUT2D eigenvalue weighted by Gasteiger charge is -2.22. The van der Waals surface area contributed by atoms with Crippen molar-refractivity contribution in [1.82, 2.24) is 4.57 Å². The maximum atomic E-state index is 13.7. The number of aromatic nitrogens is 1. The first-order valence-electron chi connectivity index (χ1n) is 17.0. The number of alkyl halides is 3. The molecule has 4 heteroatoms. The van der Waals surface area contributed by atoms with Gasteiger partial charge >= 0.3 is 6.18 Å². The zero-order chi connectivity index (χ0) is 34.3. The first-order valence-corrected chi connectivity index (χ1v) is 17.0. The lowest BCUT2D eigenvalue weighted by atomic mass is 9.83. The summed E-state index contributed by atoms with van der Waals surface area (Å²) in [5.41, 5.74) is 8.59. The van der Waals surface area contributed by atoms with Crippen LogP contribution in [-0.2, 0) is 6.18 Å². The van der Waals surface area contributed by atoms with Gasteiger partial charge in [0.05, 0.1) is 22.3 Å². The van der Waals surface area contributed by atoms with E-state index in [-0.39, 0.29) is 0 Å².